The van der Waals surface area contributed by atoms with Crippen molar-refractivity contribution in [2.45, 2.75) is 19.8 Å². The molecule has 1 N–H and O–H groups in total. The van der Waals surface area contributed by atoms with E-state index in [0.717, 1.165) is 25.9 Å². The summed E-state index contributed by atoms with van der Waals surface area (Å²) in [7, 11) is 0. The van der Waals surface area contributed by atoms with Gasteiger partial charge in [-0.05, 0) is 38.1 Å². The number of hydrogen-bond donors (Lipinski definition) is 1. The van der Waals surface area contributed by atoms with Crippen LogP contribution in [0.25, 0.3) is 0 Å². The van der Waals surface area contributed by atoms with E-state index in [1.807, 2.05) is 0 Å². The summed E-state index contributed by atoms with van der Waals surface area (Å²) in [6, 6.07) is 4.77. The fourth-order valence-corrected chi connectivity index (χ4v) is 1.44. The molecule has 0 bridgehead atoms. The summed E-state index contributed by atoms with van der Waals surface area (Å²) in [4.78, 5) is 0. The minimum atomic E-state index is -0.481. The Bertz CT molecular complexity index is 320. The quantitative estimate of drug-likeness (QED) is 0.745. The van der Waals surface area contributed by atoms with E-state index < -0.39 is 5.82 Å². The molecule has 0 heterocycles. The molecule has 16 heavy (non-hydrogen) atoms. The molecule has 0 unspecified atom stereocenters. The van der Waals surface area contributed by atoms with Crippen molar-refractivity contribution in [1.82, 2.24) is 5.32 Å². The van der Waals surface area contributed by atoms with Gasteiger partial charge in [-0.15, -0.1) is 0 Å². The molecular weight excluding hydrogens is 229 g/mol. The van der Waals surface area contributed by atoms with Gasteiger partial charge in [-0.2, -0.15) is 0 Å². The van der Waals surface area contributed by atoms with Crippen molar-refractivity contribution in [3.05, 3.63) is 29.0 Å². The molecule has 0 saturated carbocycles. The molecule has 0 radical (unpaired) electrons. The molecule has 0 saturated heterocycles. The molecule has 90 valence electrons. The van der Waals surface area contributed by atoms with E-state index in [0.29, 0.717) is 6.61 Å². The third-order valence-corrected chi connectivity index (χ3v) is 2.39. The predicted octanol–water partition coefficient (Wildman–Crippen LogP) is 3.25. The molecule has 0 aliphatic rings. The SMILES string of the molecule is CCCNCCCOc1cccc(Cl)c1F. The van der Waals surface area contributed by atoms with Crippen LogP contribution in [0.2, 0.25) is 5.02 Å². The number of halogens is 2. The summed E-state index contributed by atoms with van der Waals surface area (Å²) in [5.74, 6) is -0.256. The lowest BCUT2D eigenvalue weighted by Gasteiger charge is -2.08. The van der Waals surface area contributed by atoms with Crippen LogP contribution in [-0.2, 0) is 0 Å². The second-order valence-corrected chi connectivity index (χ2v) is 3.91. The summed E-state index contributed by atoms with van der Waals surface area (Å²) in [5.41, 5.74) is 0. The van der Waals surface area contributed by atoms with Crippen molar-refractivity contribution in [1.29, 1.82) is 0 Å². The Kier molecular flexibility index (Phi) is 6.19. The van der Waals surface area contributed by atoms with E-state index >= 15 is 0 Å². The highest BCUT2D eigenvalue weighted by atomic mass is 35.5. The summed E-state index contributed by atoms with van der Waals surface area (Å²) in [6.45, 7) is 4.50. The van der Waals surface area contributed by atoms with E-state index in [-0.39, 0.29) is 10.8 Å². The third-order valence-electron chi connectivity index (χ3n) is 2.10. The largest absolute Gasteiger partial charge is 0.490 e. The monoisotopic (exact) mass is 245 g/mol. The predicted molar refractivity (Wildman–Crippen MR) is 64.7 cm³/mol. The normalized spacial score (nSPS) is 10.4. The molecule has 0 aliphatic carbocycles. The molecule has 0 fully saturated rings. The zero-order chi connectivity index (χ0) is 11.8. The van der Waals surface area contributed by atoms with Gasteiger partial charge in [-0.1, -0.05) is 24.6 Å². The second kappa shape index (κ2) is 7.47. The molecule has 2 nitrogen and oxygen atoms in total. The molecule has 1 aromatic rings. The lowest BCUT2D eigenvalue weighted by atomic mass is 10.3. The summed E-state index contributed by atoms with van der Waals surface area (Å²) in [6.07, 6.45) is 1.97. The molecule has 0 amide bonds. The smallest absolute Gasteiger partial charge is 0.183 e. The first-order valence-electron chi connectivity index (χ1n) is 5.53. The van der Waals surface area contributed by atoms with Crippen LogP contribution in [0.1, 0.15) is 19.8 Å². The average Bonchev–Trinajstić information content (AvgIpc) is 2.29. The highest BCUT2D eigenvalue weighted by Gasteiger charge is 2.06. The molecule has 1 aromatic carbocycles. The zero-order valence-electron chi connectivity index (χ0n) is 9.43. The Labute approximate surface area is 101 Å². The molecule has 0 aliphatic heterocycles. The molecular formula is C12H17ClFNO. The van der Waals surface area contributed by atoms with Crippen LogP contribution in [-0.4, -0.2) is 19.7 Å². The van der Waals surface area contributed by atoms with E-state index in [4.69, 9.17) is 16.3 Å². The lowest BCUT2D eigenvalue weighted by molar-refractivity contribution is 0.293. The van der Waals surface area contributed by atoms with Gasteiger partial charge in [0, 0.05) is 0 Å². The minimum Gasteiger partial charge on any atom is -0.490 e. The Balaban J connectivity index is 2.24. The summed E-state index contributed by atoms with van der Waals surface area (Å²) >= 11 is 5.63. The Morgan fingerprint density at radius 2 is 2.19 bits per heavy atom. The number of hydrogen-bond acceptors (Lipinski definition) is 2. The first kappa shape index (κ1) is 13.3. The van der Waals surface area contributed by atoms with Crippen molar-refractivity contribution in [2.75, 3.05) is 19.7 Å². The Hall–Kier alpha value is -0.800. The van der Waals surface area contributed by atoms with E-state index in [1.165, 1.54) is 6.07 Å². The molecule has 0 atom stereocenters. The van der Waals surface area contributed by atoms with Crippen LogP contribution in [0.5, 0.6) is 5.75 Å². The van der Waals surface area contributed by atoms with Crippen molar-refractivity contribution < 1.29 is 9.13 Å². The van der Waals surface area contributed by atoms with Crippen molar-refractivity contribution >= 4 is 11.6 Å². The summed E-state index contributed by atoms with van der Waals surface area (Å²) in [5, 5.41) is 3.35. The van der Waals surface area contributed by atoms with Crippen LogP contribution in [0.15, 0.2) is 18.2 Å². The van der Waals surface area contributed by atoms with Gasteiger partial charge in [-0.3, -0.25) is 0 Å². The van der Waals surface area contributed by atoms with Gasteiger partial charge in [0.05, 0.1) is 11.6 Å². The maximum atomic E-state index is 13.4. The Morgan fingerprint density at radius 3 is 2.94 bits per heavy atom. The molecule has 0 spiro atoms. The number of nitrogens with one attached hydrogen (secondary N) is 1. The minimum absolute atomic E-state index is 0.0987. The lowest BCUT2D eigenvalue weighted by Crippen LogP contribution is -2.18. The van der Waals surface area contributed by atoms with Crippen molar-refractivity contribution in [2.24, 2.45) is 0 Å². The van der Waals surface area contributed by atoms with Crippen LogP contribution >= 0.6 is 11.6 Å². The highest BCUT2D eigenvalue weighted by Crippen LogP contribution is 2.23. The topological polar surface area (TPSA) is 21.3 Å². The first-order chi connectivity index (χ1) is 7.75. The number of rotatable bonds is 7. The summed E-state index contributed by atoms with van der Waals surface area (Å²) < 4.78 is 18.7. The number of benzene rings is 1. The van der Waals surface area contributed by atoms with Gasteiger partial charge in [0.25, 0.3) is 0 Å². The van der Waals surface area contributed by atoms with Crippen molar-refractivity contribution in [3.63, 3.8) is 0 Å². The van der Waals surface area contributed by atoms with Crippen LogP contribution in [0.4, 0.5) is 4.39 Å². The maximum Gasteiger partial charge on any atom is 0.183 e. The first-order valence-corrected chi connectivity index (χ1v) is 5.91. The zero-order valence-corrected chi connectivity index (χ0v) is 10.2. The van der Waals surface area contributed by atoms with Gasteiger partial charge >= 0.3 is 0 Å². The van der Waals surface area contributed by atoms with Crippen LogP contribution < -0.4 is 10.1 Å². The molecule has 4 heteroatoms. The van der Waals surface area contributed by atoms with E-state index in [1.54, 1.807) is 12.1 Å². The molecule has 1 rings (SSSR count). The van der Waals surface area contributed by atoms with Crippen molar-refractivity contribution in [3.8, 4) is 5.75 Å². The van der Waals surface area contributed by atoms with Gasteiger partial charge in [0.15, 0.2) is 11.6 Å². The van der Waals surface area contributed by atoms with Crippen LogP contribution in [0.3, 0.4) is 0 Å². The van der Waals surface area contributed by atoms with E-state index in [9.17, 15) is 4.39 Å². The van der Waals surface area contributed by atoms with Gasteiger partial charge < -0.3 is 10.1 Å². The maximum absolute atomic E-state index is 13.4. The Morgan fingerprint density at radius 1 is 1.38 bits per heavy atom. The number of ether oxygens (including phenoxy) is 1. The molecule has 0 aromatic heterocycles. The fourth-order valence-electron chi connectivity index (χ4n) is 1.28. The van der Waals surface area contributed by atoms with Gasteiger partial charge in [-0.25, -0.2) is 4.39 Å². The standard InChI is InChI=1S/C12H17ClFNO/c1-2-7-15-8-4-9-16-11-6-3-5-10(13)12(11)14/h3,5-6,15H,2,4,7-9H2,1H3. The fraction of sp³-hybridized carbons (Fsp3) is 0.500. The van der Waals surface area contributed by atoms with E-state index in [2.05, 4.69) is 12.2 Å². The highest BCUT2D eigenvalue weighted by molar-refractivity contribution is 6.30. The van der Waals surface area contributed by atoms with Crippen LogP contribution in [0, 0.1) is 5.82 Å². The average molecular weight is 246 g/mol. The second-order valence-electron chi connectivity index (χ2n) is 3.50. The van der Waals surface area contributed by atoms with Gasteiger partial charge in [0.1, 0.15) is 0 Å². The van der Waals surface area contributed by atoms with Gasteiger partial charge in [0.2, 0.25) is 0 Å². The third kappa shape index (κ3) is 4.37.